The summed E-state index contributed by atoms with van der Waals surface area (Å²) in [4.78, 5) is 0. The first kappa shape index (κ1) is 10.5. The third-order valence-electron chi connectivity index (χ3n) is 2.80. The van der Waals surface area contributed by atoms with Crippen molar-refractivity contribution >= 4 is 18.9 Å². The Morgan fingerprint density at radius 2 is 0.765 bits per heavy atom. The Morgan fingerprint density at radius 1 is 0.529 bits per heavy atom. The lowest BCUT2D eigenvalue weighted by Crippen LogP contribution is -2.51. The molecule has 0 aliphatic carbocycles. The van der Waals surface area contributed by atoms with E-state index in [1.165, 1.54) is 0 Å². The van der Waals surface area contributed by atoms with E-state index in [9.17, 15) is 0 Å². The van der Waals surface area contributed by atoms with Crippen LogP contribution in [0.25, 0.3) is 0 Å². The molecule has 0 fully saturated rings. The molecular weight excluding hydrogens is 250 g/mol. The second kappa shape index (κ2) is 3.98. The van der Waals surface area contributed by atoms with Crippen molar-refractivity contribution in [3.8, 4) is 0 Å². The van der Waals surface area contributed by atoms with Crippen molar-refractivity contribution in [3.63, 3.8) is 0 Å². The van der Waals surface area contributed by atoms with Crippen LogP contribution >= 0.6 is 11.1 Å². The fourth-order valence-corrected chi connectivity index (χ4v) is 5.44. The zero-order valence-corrected chi connectivity index (χ0v) is 10.9. The Hall–Kier alpha value is -1.65. The molecule has 17 heavy (non-hydrogen) atoms. The lowest BCUT2D eigenvalue weighted by atomic mass is 10.7. The molecule has 3 nitrogen and oxygen atoms in total. The van der Waals surface area contributed by atoms with Crippen LogP contribution in [0.2, 0.25) is 0 Å². The second-order valence-corrected chi connectivity index (χ2v) is 8.00. The maximum absolute atomic E-state index is 6.97. The molecule has 0 amide bonds. The van der Waals surface area contributed by atoms with Crippen LogP contribution in [0.1, 0.15) is 0 Å². The predicted octanol–water partition coefficient (Wildman–Crippen LogP) is 2.71. The summed E-state index contributed by atoms with van der Waals surface area (Å²) in [5, 5.41) is 0. The van der Waals surface area contributed by atoms with E-state index in [4.69, 9.17) is 11.1 Å². The normalized spacial score (nSPS) is 11.8. The van der Waals surface area contributed by atoms with Gasteiger partial charge < -0.3 is 12.7 Å². The number of halogens is 1. The van der Waals surface area contributed by atoms with E-state index in [0.29, 0.717) is 0 Å². The van der Waals surface area contributed by atoms with Crippen LogP contribution in [-0.4, -0.2) is 20.6 Å². The maximum Gasteiger partial charge on any atom is 0.497 e. The summed E-state index contributed by atoms with van der Waals surface area (Å²) in [7, 11) is -2.50. The average molecular weight is 262 g/mol. The second-order valence-electron chi connectivity index (χ2n) is 3.82. The first-order valence-electron chi connectivity index (χ1n) is 5.41. The minimum Gasteiger partial charge on any atom is -0.334 e. The quantitative estimate of drug-likeness (QED) is 0.509. The topological polar surface area (TPSA) is 14.8 Å². The van der Waals surface area contributed by atoms with Crippen molar-refractivity contribution in [1.29, 1.82) is 0 Å². The molecule has 0 aromatic carbocycles. The Morgan fingerprint density at radius 3 is 1.00 bits per heavy atom. The molecule has 0 saturated heterocycles. The van der Waals surface area contributed by atoms with Gasteiger partial charge >= 0.3 is 7.87 Å². The molecule has 0 aliphatic heterocycles. The molecule has 0 aliphatic rings. The third-order valence-corrected chi connectivity index (χ3v) is 7.42. The van der Waals surface area contributed by atoms with Gasteiger partial charge in [0.15, 0.2) is 0 Å². The van der Waals surface area contributed by atoms with E-state index in [2.05, 4.69) is 12.7 Å². The van der Waals surface area contributed by atoms with Crippen molar-refractivity contribution in [2.45, 2.75) is 0 Å². The summed E-state index contributed by atoms with van der Waals surface area (Å²) >= 11 is 6.97. The van der Waals surface area contributed by atoms with E-state index >= 15 is 0 Å². The molecule has 3 heterocycles. The summed E-state index contributed by atoms with van der Waals surface area (Å²) in [6.07, 6.45) is 12.1. The summed E-state index contributed by atoms with van der Waals surface area (Å²) < 4.78 is 6.28. The smallest absolute Gasteiger partial charge is 0.334 e. The Balaban J connectivity index is 2.21. The van der Waals surface area contributed by atoms with Crippen LogP contribution in [-0.2, 0) is 0 Å². The molecule has 0 spiro atoms. The van der Waals surface area contributed by atoms with Gasteiger partial charge in [0, 0.05) is 0 Å². The summed E-state index contributed by atoms with van der Waals surface area (Å²) in [5.74, 6) is 0. The van der Waals surface area contributed by atoms with Gasteiger partial charge in [-0.15, -0.1) is 0 Å². The molecule has 86 valence electrons. The lowest BCUT2D eigenvalue weighted by molar-refractivity contribution is 0.946. The monoisotopic (exact) mass is 261 g/mol. The van der Waals surface area contributed by atoms with Gasteiger partial charge in [0.2, 0.25) is 0 Å². The minimum absolute atomic E-state index is 2.00. The van der Waals surface area contributed by atoms with E-state index in [0.717, 1.165) is 0 Å². The van der Waals surface area contributed by atoms with Crippen molar-refractivity contribution in [2.75, 3.05) is 0 Å². The van der Waals surface area contributed by atoms with E-state index in [-0.39, 0.29) is 0 Å². The Kier molecular flexibility index (Phi) is 2.46. The fourth-order valence-electron chi connectivity index (χ4n) is 1.97. The van der Waals surface area contributed by atoms with E-state index in [1.807, 2.05) is 73.6 Å². The van der Waals surface area contributed by atoms with Crippen molar-refractivity contribution in [2.24, 2.45) is 0 Å². The van der Waals surface area contributed by atoms with Crippen molar-refractivity contribution in [3.05, 3.63) is 73.6 Å². The minimum atomic E-state index is -2.50. The van der Waals surface area contributed by atoms with Gasteiger partial charge in [0.1, 0.15) is 0 Å². The first-order valence-corrected chi connectivity index (χ1v) is 8.26. The molecular formula is C12H12ClN3Si. The fraction of sp³-hybridized carbons (Fsp3) is 0. The maximum atomic E-state index is 6.97. The van der Waals surface area contributed by atoms with Crippen LogP contribution in [0.5, 0.6) is 0 Å². The number of hydrogen-bond acceptors (Lipinski definition) is 0. The zero-order chi connectivity index (χ0) is 11.7. The highest BCUT2D eigenvalue weighted by atomic mass is 35.6. The van der Waals surface area contributed by atoms with Crippen molar-refractivity contribution in [1.82, 2.24) is 12.7 Å². The Bertz CT molecular complexity index is 485. The number of nitrogens with zero attached hydrogens (tertiary/aromatic N) is 3. The highest BCUT2D eigenvalue weighted by Crippen LogP contribution is 2.19. The first-order chi connectivity index (χ1) is 8.32. The number of hydrogen-bond donors (Lipinski definition) is 0. The van der Waals surface area contributed by atoms with E-state index < -0.39 is 7.87 Å². The number of aromatic nitrogens is 3. The third kappa shape index (κ3) is 1.57. The molecule has 0 atom stereocenters. The van der Waals surface area contributed by atoms with Crippen LogP contribution in [0.3, 0.4) is 0 Å². The van der Waals surface area contributed by atoms with Crippen LogP contribution in [0.4, 0.5) is 0 Å². The van der Waals surface area contributed by atoms with Crippen LogP contribution < -0.4 is 0 Å². The van der Waals surface area contributed by atoms with Gasteiger partial charge in [-0.1, -0.05) is 11.1 Å². The molecule has 3 aromatic heterocycles. The van der Waals surface area contributed by atoms with Gasteiger partial charge in [-0.25, -0.2) is 0 Å². The molecule has 0 bridgehead atoms. The largest absolute Gasteiger partial charge is 0.497 e. The van der Waals surface area contributed by atoms with Crippen LogP contribution in [0.15, 0.2) is 73.6 Å². The lowest BCUT2D eigenvalue weighted by Gasteiger charge is -2.28. The van der Waals surface area contributed by atoms with Gasteiger partial charge in [0.05, 0.1) is 0 Å². The summed E-state index contributed by atoms with van der Waals surface area (Å²) in [6.45, 7) is 0. The molecule has 3 aromatic rings. The van der Waals surface area contributed by atoms with Crippen LogP contribution in [0, 0.1) is 0 Å². The average Bonchev–Trinajstić information content (AvgIpc) is 3.10. The van der Waals surface area contributed by atoms with Gasteiger partial charge in [-0.05, 0) is 73.6 Å². The summed E-state index contributed by atoms with van der Waals surface area (Å²) in [5.41, 5.74) is 0. The van der Waals surface area contributed by atoms with Gasteiger partial charge in [0.25, 0.3) is 0 Å². The Labute approximate surface area is 105 Å². The molecule has 0 saturated carbocycles. The highest BCUT2D eigenvalue weighted by molar-refractivity contribution is 7.17. The SMILES string of the molecule is Cl[Si](n1cccc1)(n1cccc1)n1cccc1. The van der Waals surface area contributed by atoms with E-state index in [1.54, 1.807) is 0 Å². The molecule has 5 heteroatoms. The predicted molar refractivity (Wildman–Crippen MR) is 71.1 cm³/mol. The molecule has 0 unspecified atom stereocenters. The zero-order valence-electron chi connectivity index (χ0n) is 9.15. The van der Waals surface area contributed by atoms with Crippen molar-refractivity contribution < 1.29 is 0 Å². The summed E-state index contributed by atoms with van der Waals surface area (Å²) in [6, 6.07) is 12.0. The van der Waals surface area contributed by atoms with Gasteiger partial charge in [-0.3, -0.25) is 0 Å². The number of rotatable bonds is 3. The molecule has 3 rings (SSSR count). The standard InChI is InChI=1S/C12H12ClN3Si/c13-17(14-7-1-2-8-14,15-9-3-4-10-15)16-11-5-6-12-16/h1-12H. The molecule has 0 N–H and O–H groups in total. The molecule has 0 radical (unpaired) electrons. The highest BCUT2D eigenvalue weighted by Gasteiger charge is 2.38. The van der Waals surface area contributed by atoms with Gasteiger partial charge in [-0.2, -0.15) is 0 Å².